The molecule has 1 aromatic carbocycles. The molecule has 0 amide bonds. The van der Waals surface area contributed by atoms with E-state index in [1.54, 1.807) is 18.2 Å². The third-order valence-electron chi connectivity index (χ3n) is 3.64. The molecule has 3 rings (SSSR count). The normalized spacial score (nSPS) is 10.6. The number of hydrogen-bond acceptors (Lipinski definition) is 6. The molecule has 1 N–H and O–H groups in total. The van der Waals surface area contributed by atoms with E-state index < -0.39 is 16.2 Å². The Morgan fingerprint density at radius 2 is 2.00 bits per heavy atom. The molecule has 8 nitrogen and oxygen atoms in total. The molecule has 0 aliphatic rings. The number of anilines is 1. The van der Waals surface area contributed by atoms with Crippen LogP contribution >= 0.6 is 0 Å². The molecule has 0 aliphatic heterocycles. The predicted octanol–water partition coefficient (Wildman–Crippen LogP) is 2.40. The summed E-state index contributed by atoms with van der Waals surface area (Å²) in [5.41, 5.74) is 0.0218. The largest absolute Gasteiger partial charge is 0.491 e. The van der Waals surface area contributed by atoms with Crippen molar-refractivity contribution in [2.45, 2.75) is 6.92 Å². The highest BCUT2D eigenvalue weighted by Crippen LogP contribution is 2.18. The average molecular weight is 340 g/mol. The van der Waals surface area contributed by atoms with Crippen LogP contribution in [0.15, 0.2) is 53.5 Å². The standard InChI is InChI=1S/C17H16N4O4/c1-12-6-2-3-7-13(12)25-11-9-18-16-15(21(23)24)17(22)20-10-5-4-8-14(20)19-16/h2-8,10,18H,9,11H2,1H3. The van der Waals surface area contributed by atoms with Crippen molar-refractivity contribution in [2.75, 3.05) is 18.5 Å². The fourth-order valence-corrected chi connectivity index (χ4v) is 2.42. The minimum Gasteiger partial charge on any atom is -0.491 e. The van der Waals surface area contributed by atoms with Crippen molar-refractivity contribution in [3.8, 4) is 5.75 Å². The van der Waals surface area contributed by atoms with E-state index >= 15 is 0 Å². The molecule has 0 bridgehead atoms. The van der Waals surface area contributed by atoms with Crippen LogP contribution in [0.3, 0.4) is 0 Å². The molecular weight excluding hydrogens is 324 g/mol. The summed E-state index contributed by atoms with van der Waals surface area (Å²) in [6.07, 6.45) is 1.45. The van der Waals surface area contributed by atoms with Crippen molar-refractivity contribution in [1.29, 1.82) is 0 Å². The maximum atomic E-state index is 12.3. The van der Waals surface area contributed by atoms with E-state index in [-0.39, 0.29) is 19.0 Å². The van der Waals surface area contributed by atoms with E-state index in [2.05, 4.69) is 10.3 Å². The van der Waals surface area contributed by atoms with Gasteiger partial charge in [-0.2, -0.15) is 0 Å². The molecule has 2 aromatic heterocycles. The fraction of sp³-hybridized carbons (Fsp3) is 0.176. The van der Waals surface area contributed by atoms with Gasteiger partial charge in [0, 0.05) is 6.20 Å². The molecule has 0 atom stereocenters. The summed E-state index contributed by atoms with van der Waals surface area (Å²) in [5.74, 6) is 0.680. The summed E-state index contributed by atoms with van der Waals surface area (Å²) in [6, 6.07) is 12.5. The molecule has 0 saturated heterocycles. The summed E-state index contributed by atoms with van der Waals surface area (Å²) in [6.45, 7) is 2.47. The first-order valence-corrected chi connectivity index (χ1v) is 7.66. The summed E-state index contributed by atoms with van der Waals surface area (Å²) in [5, 5.41) is 14.1. The first-order chi connectivity index (χ1) is 12.1. The van der Waals surface area contributed by atoms with Crippen LogP contribution in [0.2, 0.25) is 0 Å². The summed E-state index contributed by atoms with van der Waals surface area (Å²) in [7, 11) is 0. The van der Waals surface area contributed by atoms with E-state index in [1.807, 2.05) is 31.2 Å². The third kappa shape index (κ3) is 3.42. The molecule has 8 heteroatoms. The Kier molecular flexibility index (Phi) is 4.60. The Labute approximate surface area is 142 Å². The minimum absolute atomic E-state index is 0.0606. The van der Waals surface area contributed by atoms with Gasteiger partial charge in [0.25, 0.3) is 0 Å². The molecule has 0 spiro atoms. The molecule has 0 radical (unpaired) electrons. The maximum Gasteiger partial charge on any atom is 0.376 e. The Hall–Kier alpha value is -3.42. The minimum atomic E-state index is -0.724. The molecule has 3 aromatic rings. The zero-order valence-electron chi connectivity index (χ0n) is 13.5. The second-order valence-corrected chi connectivity index (χ2v) is 5.34. The summed E-state index contributed by atoms with van der Waals surface area (Å²) >= 11 is 0. The number of para-hydroxylation sites is 1. The van der Waals surface area contributed by atoms with Gasteiger partial charge in [-0.15, -0.1) is 0 Å². The molecule has 0 fully saturated rings. The lowest BCUT2D eigenvalue weighted by Gasteiger charge is -2.10. The van der Waals surface area contributed by atoms with Crippen LogP contribution in [0.1, 0.15) is 5.56 Å². The van der Waals surface area contributed by atoms with Crippen LogP contribution in [0.5, 0.6) is 5.75 Å². The fourth-order valence-electron chi connectivity index (χ4n) is 2.42. The lowest BCUT2D eigenvalue weighted by molar-refractivity contribution is -0.385. The first-order valence-electron chi connectivity index (χ1n) is 7.66. The van der Waals surface area contributed by atoms with E-state index in [9.17, 15) is 14.9 Å². The van der Waals surface area contributed by atoms with Gasteiger partial charge >= 0.3 is 11.2 Å². The quantitative estimate of drug-likeness (QED) is 0.420. The average Bonchev–Trinajstić information content (AvgIpc) is 2.60. The number of nitrogens with one attached hydrogen (secondary N) is 1. The highest BCUT2D eigenvalue weighted by molar-refractivity contribution is 5.59. The van der Waals surface area contributed by atoms with Crippen molar-refractivity contribution in [3.63, 3.8) is 0 Å². The van der Waals surface area contributed by atoms with E-state index in [4.69, 9.17) is 4.74 Å². The molecule has 25 heavy (non-hydrogen) atoms. The van der Waals surface area contributed by atoms with Crippen molar-refractivity contribution < 1.29 is 9.66 Å². The molecule has 0 aliphatic carbocycles. The smallest absolute Gasteiger partial charge is 0.376 e. The van der Waals surface area contributed by atoms with Crippen LogP contribution in [-0.2, 0) is 0 Å². The number of aryl methyl sites for hydroxylation is 1. The number of ether oxygens (including phenoxy) is 1. The molecular formula is C17H16N4O4. The van der Waals surface area contributed by atoms with Gasteiger partial charge < -0.3 is 10.1 Å². The van der Waals surface area contributed by atoms with Gasteiger partial charge in [0.15, 0.2) is 0 Å². The van der Waals surface area contributed by atoms with E-state index in [0.29, 0.717) is 5.65 Å². The van der Waals surface area contributed by atoms with Gasteiger partial charge in [0.2, 0.25) is 5.82 Å². The predicted molar refractivity (Wildman–Crippen MR) is 93.3 cm³/mol. The Balaban J connectivity index is 1.79. The van der Waals surface area contributed by atoms with Gasteiger partial charge in [-0.3, -0.25) is 19.3 Å². The van der Waals surface area contributed by atoms with Crippen LogP contribution in [0, 0.1) is 17.0 Å². The second kappa shape index (κ2) is 7.00. The monoisotopic (exact) mass is 340 g/mol. The van der Waals surface area contributed by atoms with Crippen molar-refractivity contribution in [1.82, 2.24) is 9.38 Å². The maximum absolute atomic E-state index is 12.3. The summed E-state index contributed by atoms with van der Waals surface area (Å²) < 4.78 is 6.78. The van der Waals surface area contributed by atoms with Crippen molar-refractivity contribution in [2.24, 2.45) is 0 Å². The number of nitrogens with zero attached hydrogens (tertiary/aromatic N) is 3. The number of pyridine rings is 1. The van der Waals surface area contributed by atoms with Gasteiger partial charge in [0.05, 0.1) is 11.5 Å². The number of rotatable bonds is 6. The Morgan fingerprint density at radius 3 is 2.76 bits per heavy atom. The molecule has 0 saturated carbocycles. The second-order valence-electron chi connectivity index (χ2n) is 5.34. The van der Waals surface area contributed by atoms with Crippen LogP contribution < -0.4 is 15.6 Å². The Bertz CT molecular complexity index is 984. The van der Waals surface area contributed by atoms with Crippen molar-refractivity contribution in [3.05, 3.63) is 74.7 Å². The zero-order valence-corrected chi connectivity index (χ0v) is 13.5. The van der Waals surface area contributed by atoms with Gasteiger partial charge in [-0.25, -0.2) is 4.98 Å². The van der Waals surface area contributed by atoms with E-state index in [0.717, 1.165) is 15.7 Å². The first kappa shape index (κ1) is 16.4. The number of fused-ring (bicyclic) bond motifs is 1. The van der Waals surface area contributed by atoms with Gasteiger partial charge in [-0.05, 0) is 30.7 Å². The lowest BCUT2D eigenvalue weighted by Crippen LogP contribution is -2.22. The topological polar surface area (TPSA) is 98.8 Å². The molecule has 2 heterocycles. The SMILES string of the molecule is Cc1ccccc1OCCNc1nc2ccccn2c(=O)c1[N+](=O)[O-]. The summed E-state index contributed by atoms with van der Waals surface area (Å²) in [4.78, 5) is 27.0. The number of benzene rings is 1. The Morgan fingerprint density at radius 1 is 1.24 bits per heavy atom. The number of aromatic nitrogens is 2. The number of nitro groups is 1. The molecule has 0 unspecified atom stereocenters. The molecule has 128 valence electrons. The van der Waals surface area contributed by atoms with Crippen LogP contribution in [-0.4, -0.2) is 27.5 Å². The highest BCUT2D eigenvalue weighted by atomic mass is 16.6. The van der Waals surface area contributed by atoms with Gasteiger partial charge in [0.1, 0.15) is 18.0 Å². The van der Waals surface area contributed by atoms with Gasteiger partial charge in [-0.1, -0.05) is 24.3 Å². The lowest BCUT2D eigenvalue weighted by atomic mass is 10.2. The van der Waals surface area contributed by atoms with Crippen LogP contribution in [0.4, 0.5) is 11.5 Å². The van der Waals surface area contributed by atoms with Crippen LogP contribution in [0.25, 0.3) is 5.65 Å². The number of hydrogen-bond donors (Lipinski definition) is 1. The van der Waals surface area contributed by atoms with Crippen molar-refractivity contribution >= 4 is 17.2 Å². The third-order valence-corrected chi connectivity index (χ3v) is 3.64. The van der Waals surface area contributed by atoms with E-state index in [1.165, 1.54) is 6.20 Å². The highest BCUT2D eigenvalue weighted by Gasteiger charge is 2.23. The zero-order chi connectivity index (χ0) is 17.8.